The maximum atomic E-state index is 15.8. The number of likely N-dealkylation sites (tertiary alicyclic amines) is 1. The van der Waals surface area contributed by atoms with E-state index in [1.165, 1.54) is 15.8 Å². The maximum Gasteiger partial charge on any atom is 0.416 e. The van der Waals surface area contributed by atoms with E-state index in [9.17, 15) is 22.7 Å². The number of benzene rings is 2. The van der Waals surface area contributed by atoms with Crippen molar-refractivity contribution >= 4 is 5.69 Å². The summed E-state index contributed by atoms with van der Waals surface area (Å²) >= 11 is 0. The highest BCUT2D eigenvalue weighted by molar-refractivity contribution is 5.58. The van der Waals surface area contributed by atoms with E-state index < -0.39 is 35.7 Å². The van der Waals surface area contributed by atoms with Crippen LogP contribution in [0.1, 0.15) is 58.9 Å². The first-order valence-electron chi connectivity index (χ1n) is 13.3. The number of hydrogen-bond acceptors (Lipinski definition) is 6. The van der Waals surface area contributed by atoms with Crippen molar-refractivity contribution in [2.75, 3.05) is 31.2 Å². The Morgan fingerprint density at radius 3 is 2.52 bits per heavy atom. The fraction of sp³-hybridized carbons (Fsp3) is 0.500. The quantitative estimate of drug-likeness (QED) is 0.437. The van der Waals surface area contributed by atoms with Crippen LogP contribution >= 0.6 is 0 Å². The van der Waals surface area contributed by atoms with Crippen molar-refractivity contribution < 1.29 is 31.8 Å². The zero-order valence-electron chi connectivity index (χ0n) is 21.9. The van der Waals surface area contributed by atoms with Gasteiger partial charge in [0.1, 0.15) is 12.5 Å². The highest BCUT2D eigenvalue weighted by Gasteiger charge is 2.51. The number of alkyl halides is 5. The summed E-state index contributed by atoms with van der Waals surface area (Å²) in [5.74, 6) is 0.153. The molecule has 2 aromatic carbocycles. The molecule has 1 unspecified atom stereocenters. The summed E-state index contributed by atoms with van der Waals surface area (Å²) in [7, 11) is 1.65. The Morgan fingerprint density at radius 1 is 1.15 bits per heavy atom. The molecule has 4 heterocycles. The molecule has 12 heteroatoms. The van der Waals surface area contributed by atoms with Crippen LogP contribution in [0.25, 0.3) is 0 Å². The van der Waals surface area contributed by atoms with E-state index in [4.69, 9.17) is 4.74 Å². The summed E-state index contributed by atoms with van der Waals surface area (Å²) in [6.45, 7) is 1.23. The Kier molecular flexibility index (Phi) is 6.82. The molecule has 1 N–H and O–H groups in total. The van der Waals surface area contributed by atoms with Gasteiger partial charge in [0.2, 0.25) is 0 Å². The number of ether oxygens (including phenoxy) is 1. The molecule has 214 valence electrons. The topological polar surface area (TPSA) is 66.7 Å². The van der Waals surface area contributed by atoms with Gasteiger partial charge in [-0.1, -0.05) is 12.1 Å². The van der Waals surface area contributed by atoms with Crippen LogP contribution in [0.15, 0.2) is 42.7 Å². The number of hydrogen-bond donors (Lipinski definition) is 1. The lowest BCUT2D eigenvalue weighted by Gasteiger charge is -2.44. The zero-order chi connectivity index (χ0) is 28.2. The van der Waals surface area contributed by atoms with Gasteiger partial charge in [-0.25, -0.2) is 8.78 Å². The highest BCUT2D eigenvalue weighted by Crippen LogP contribution is 2.48. The standard InChI is InChI=1S/C28H30F5N5O2/c1-36-16-34-35-25(36)24(30)27(14-40-15-27)18-3-2-4-20(11-18)38-13-22-21(26(38)39)9-17(10-23(22)28(31,32)33)12-37-7-5-19(29)6-8-37/h2-4,9-11,16,19,24,26,39H,5-8,12-15H2,1H3/t24-,26?/m0/s1. The second-order valence-electron chi connectivity index (χ2n) is 11.0. The molecule has 2 fully saturated rings. The molecule has 0 amide bonds. The molecule has 0 radical (unpaired) electrons. The lowest BCUT2D eigenvalue weighted by atomic mass is 9.74. The fourth-order valence-electron chi connectivity index (χ4n) is 6.03. The molecule has 2 atom stereocenters. The number of halogens is 5. The minimum Gasteiger partial charge on any atom is -0.379 e. The monoisotopic (exact) mass is 563 g/mol. The van der Waals surface area contributed by atoms with Crippen molar-refractivity contribution in [1.29, 1.82) is 0 Å². The minimum atomic E-state index is -4.62. The summed E-state index contributed by atoms with van der Waals surface area (Å²) in [5.41, 5.74) is -0.118. The molecule has 7 nitrogen and oxygen atoms in total. The van der Waals surface area contributed by atoms with E-state index in [1.807, 2.05) is 4.90 Å². The molecule has 6 rings (SSSR count). The van der Waals surface area contributed by atoms with Crippen LogP contribution in [0.5, 0.6) is 0 Å². The number of anilines is 1. The van der Waals surface area contributed by atoms with Gasteiger partial charge in [0, 0.05) is 44.5 Å². The molecule has 3 aromatic rings. The molecule has 1 aromatic heterocycles. The Hall–Kier alpha value is -3.09. The van der Waals surface area contributed by atoms with Gasteiger partial charge in [-0.05, 0) is 53.8 Å². The van der Waals surface area contributed by atoms with Crippen LogP contribution in [-0.4, -0.2) is 57.2 Å². The van der Waals surface area contributed by atoms with Gasteiger partial charge in [-0.15, -0.1) is 10.2 Å². The first kappa shape index (κ1) is 27.1. The fourth-order valence-corrected chi connectivity index (χ4v) is 6.03. The third-order valence-electron chi connectivity index (χ3n) is 8.40. The van der Waals surface area contributed by atoms with E-state index >= 15 is 4.39 Å². The van der Waals surface area contributed by atoms with Gasteiger partial charge >= 0.3 is 6.18 Å². The molecule has 0 saturated carbocycles. The average molecular weight is 564 g/mol. The molecular formula is C28H30F5N5O2. The third-order valence-corrected chi connectivity index (χ3v) is 8.40. The molecule has 3 aliphatic rings. The van der Waals surface area contributed by atoms with Crippen molar-refractivity contribution in [2.24, 2.45) is 7.05 Å². The van der Waals surface area contributed by atoms with E-state index in [2.05, 4.69) is 10.2 Å². The van der Waals surface area contributed by atoms with Crippen LogP contribution < -0.4 is 4.90 Å². The third kappa shape index (κ3) is 4.65. The van der Waals surface area contributed by atoms with Gasteiger partial charge in [0.15, 0.2) is 18.2 Å². The summed E-state index contributed by atoms with van der Waals surface area (Å²) in [6, 6.07) is 9.61. The Labute approximate surface area is 228 Å². The summed E-state index contributed by atoms with van der Waals surface area (Å²) in [5, 5.41) is 19.0. The Bertz CT molecular complexity index is 1380. The van der Waals surface area contributed by atoms with Crippen LogP contribution in [0.4, 0.5) is 27.6 Å². The predicted molar refractivity (Wildman–Crippen MR) is 136 cm³/mol. The predicted octanol–water partition coefficient (Wildman–Crippen LogP) is 4.76. The van der Waals surface area contributed by atoms with Crippen molar-refractivity contribution in [3.8, 4) is 0 Å². The maximum absolute atomic E-state index is 15.8. The lowest BCUT2D eigenvalue weighted by Crippen LogP contribution is -2.50. The Balaban J connectivity index is 1.31. The van der Waals surface area contributed by atoms with Gasteiger partial charge in [-0.3, -0.25) is 4.90 Å². The second-order valence-corrected chi connectivity index (χ2v) is 11.0. The summed E-state index contributed by atoms with van der Waals surface area (Å²) < 4.78 is 78.9. The van der Waals surface area contributed by atoms with Crippen LogP contribution in [0.2, 0.25) is 0 Å². The normalized spacial score (nSPS) is 22.3. The molecule has 0 aliphatic carbocycles. The number of aliphatic hydroxyl groups is 1. The van der Waals surface area contributed by atoms with Crippen molar-refractivity contribution in [1.82, 2.24) is 19.7 Å². The van der Waals surface area contributed by atoms with Crippen LogP contribution in [-0.2, 0) is 36.5 Å². The number of nitrogens with zero attached hydrogens (tertiary/aromatic N) is 5. The number of aliphatic hydroxyl groups excluding tert-OH is 1. The van der Waals surface area contributed by atoms with E-state index in [1.54, 1.807) is 37.4 Å². The SMILES string of the molecule is Cn1cnnc1[C@H](F)C1(c2cccc(N3Cc4c(cc(CN5CCC(F)CC5)cc4C(F)(F)F)C3O)c2)COC1. The molecule has 2 saturated heterocycles. The zero-order valence-corrected chi connectivity index (χ0v) is 21.9. The summed E-state index contributed by atoms with van der Waals surface area (Å²) in [4.78, 5) is 3.43. The first-order valence-corrected chi connectivity index (χ1v) is 13.3. The van der Waals surface area contributed by atoms with Gasteiger partial charge in [0.05, 0.1) is 24.2 Å². The van der Waals surface area contributed by atoms with Crippen molar-refractivity contribution in [3.63, 3.8) is 0 Å². The van der Waals surface area contributed by atoms with Gasteiger partial charge in [0.25, 0.3) is 0 Å². The van der Waals surface area contributed by atoms with Gasteiger partial charge in [-0.2, -0.15) is 13.2 Å². The number of rotatable bonds is 6. The average Bonchev–Trinajstić information content (AvgIpc) is 3.47. The van der Waals surface area contributed by atoms with Crippen LogP contribution in [0.3, 0.4) is 0 Å². The largest absolute Gasteiger partial charge is 0.416 e. The number of aromatic nitrogens is 3. The minimum absolute atomic E-state index is 0.0146. The Morgan fingerprint density at radius 2 is 1.90 bits per heavy atom. The molecule has 0 spiro atoms. The molecule has 0 bridgehead atoms. The number of fused-ring (bicyclic) bond motifs is 1. The van der Waals surface area contributed by atoms with E-state index in [0.717, 1.165) is 6.07 Å². The van der Waals surface area contributed by atoms with E-state index in [0.29, 0.717) is 42.7 Å². The van der Waals surface area contributed by atoms with E-state index in [-0.39, 0.29) is 43.3 Å². The highest BCUT2D eigenvalue weighted by atomic mass is 19.4. The molecular weight excluding hydrogens is 533 g/mol. The van der Waals surface area contributed by atoms with Crippen molar-refractivity contribution in [2.45, 2.75) is 56.1 Å². The lowest BCUT2D eigenvalue weighted by molar-refractivity contribution is -0.138. The first-order chi connectivity index (χ1) is 19.1. The van der Waals surface area contributed by atoms with Crippen molar-refractivity contribution in [3.05, 3.63) is 76.4 Å². The number of aryl methyl sites for hydroxylation is 1. The summed E-state index contributed by atoms with van der Waals surface area (Å²) in [6.07, 6.45) is -6.22. The van der Waals surface area contributed by atoms with Crippen LogP contribution in [0, 0.1) is 0 Å². The molecule has 3 aliphatic heterocycles. The smallest absolute Gasteiger partial charge is 0.379 e. The molecule has 40 heavy (non-hydrogen) atoms. The van der Waals surface area contributed by atoms with Gasteiger partial charge < -0.3 is 19.3 Å². The number of piperidine rings is 1. The second kappa shape index (κ2) is 10.1.